The second-order valence-corrected chi connectivity index (χ2v) is 3.25. The molecule has 0 aliphatic carbocycles. The van der Waals surface area contributed by atoms with E-state index in [4.69, 9.17) is 29.2 Å². The fraction of sp³-hybridized carbons (Fsp3) is 1.00. The van der Waals surface area contributed by atoms with Crippen LogP contribution < -0.4 is 0 Å². The molecule has 6 heteroatoms. The summed E-state index contributed by atoms with van der Waals surface area (Å²) >= 11 is 0. The third-order valence-electron chi connectivity index (χ3n) is 1.94. The van der Waals surface area contributed by atoms with E-state index in [0.29, 0.717) is 19.8 Å². The van der Waals surface area contributed by atoms with E-state index >= 15 is 0 Å². The van der Waals surface area contributed by atoms with Gasteiger partial charge in [-0.1, -0.05) is 0 Å². The molecule has 0 aromatic carbocycles. The van der Waals surface area contributed by atoms with Crippen LogP contribution in [-0.2, 0) is 18.9 Å². The van der Waals surface area contributed by atoms with Crippen molar-refractivity contribution < 1.29 is 29.2 Å². The quantitative estimate of drug-likeness (QED) is 0.482. The maximum absolute atomic E-state index is 8.84. The van der Waals surface area contributed by atoms with E-state index < -0.39 is 0 Å². The molecule has 2 unspecified atom stereocenters. The number of ether oxygens (including phenoxy) is 4. The molecule has 0 rings (SSSR count). The third kappa shape index (κ3) is 7.98. The lowest BCUT2D eigenvalue weighted by atomic mass is 10.4. The number of hydrogen-bond acceptors (Lipinski definition) is 6. The highest BCUT2D eigenvalue weighted by molar-refractivity contribution is 4.57. The van der Waals surface area contributed by atoms with Crippen LogP contribution in [0.4, 0.5) is 0 Å². The highest BCUT2D eigenvalue weighted by Crippen LogP contribution is 1.97. The van der Waals surface area contributed by atoms with E-state index in [9.17, 15) is 0 Å². The van der Waals surface area contributed by atoms with Gasteiger partial charge in [-0.2, -0.15) is 0 Å². The molecule has 98 valence electrons. The Bertz CT molecular complexity index is 139. The van der Waals surface area contributed by atoms with Crippen LogP contribution in [0.15, 0.2) is 0 Å². The molecule has 0 heterocycles. The zero-order valence-electron chi connectivity index (χ0n) is 9.92. The molecule has 0 aliphatic rings. The van der Waals surface area contributed by atoms with Gasteiger partial charge >= 0.3 is 0 Å². The molecule has 16 heavy (non-hydrogen) atoms. The van der Waals surface area contributed by atoms with Crippen molar-refractivity contribution in [3.05, 3.63) is 0 Å². The normalized spacial score (nSPS) is 15.0. The molecule has 0 aromatic heterocycles. The largest absolute Gasteiger partial charge is 0.394 e. The van der Waals surface area contributed by atoms with Crippen LogP contribution in [0.3, 0.4) is 0 Å². The predicted molar refractivity (Wildman–Crippen MR) is 57.4 cm³/mol. The van der Waals surface area contributed by atoms with Gasteiger partial charge in [-0.25, -0.2) is 0 Å². The minimum Gasteiger partial charge on any atom is -0.394 e. The molecule has 0 radical (unpaired) electrons. The van der Waals surface area contributed by atoms with E-state index in [2.05, 4.69) is 0 Å². The maximum Gasteiger partial charge on any atom is 0.104 e. The van der Waals surface area contributed by atoms with E-state index in [1.807, 2.05) is 0 Å². The van der Waals surface area contributed by atoms with Gasteiger partial charge in [0.1, 0.15) is 12.2 Å². The standard InChI is InChI=1S/C10H22O6/c1-13-6-10(16-4-3-11)8-15-7-9(5-12)14-2/h9-12H,3-8H2,1-2H3. The molecule has 0 fully saturated rings. The summed E-state index contributed by atoms with van der Waals surface area (Å²) in [6, 6.07) is 0. The summed E-state index contributed by atoms with van der Waals surface area (Å²) in [5.41, 5.74) is 0. The average molecular weight is 238 g/mol. The highest BCUT2D eigenvalue weighted by Gasteiger charge is 2.11. The molecule has 6 nitrogen and oxygen atoms in total. The van der Waals surface area contributed by atoms with Crippen LogP contribution in [0.5, 0.6) is 0 Å². The molecule has 0 aromatic rings. The molecule has 0 aliphatic heterocycles. The lowest BCUT2D eigenvalue weighted by Crippen LogP contribution is -2.30. The smallest absolute Gasteiger partial charge is 0.104 e. The van der Waals surface area contributed by atoms with Gasteiger partial charge in [0, 0.05) is 14.2 Å². The van der Waals surface area contributed by atoms with Gasteiger partial charge in [0.15, 0.2) is 0 Å². The summed E-state index contributed by atoms with van der Waals surface area (Å²) in [6.07, 6.45) is -0.533. The number of aliphatic hydroxyl groups excluding tert-OH is 2. The van der Waals surface area contributed by atoms with Gasteiger partial charge in [-0.3, -0.25) is 0 Å². The summed E-state index contributed by atoms with van der Waals surface area (Å²) in [4.78, 5) is 0. The first-order chi connectivity index (χ1) is 7.78. The molecular formula is C10H22O6. The molecule has 2 atom stereocenters. The molecular weight excluding hydrogens is 216 g/mol. The summed E-state index contributed by atoms with van der Waals surface area (Å²) in [5.74, 6) is 0. The number of aliphatic hydroxyl groups is 2. The molecule has 0 saturated carbocycles. The lowest BCUT2D eigenvalue weighted by molar-refractivity contribution is -0.0813. The SMILES string of the molecule is COCC(COCC(CO)OC)OCCO. The van der Waals surface area contributed by atoms with E-state index in [0.717, 1.165) is 0 Å². The zero-order valence-corrected chi connectivity index (χ0v) is 9.92. The van der Waals surface area contributed by atoms with E-state index in [-0.39, 0.29) is 32.0 Å². The minimum atomic E-state index is -0.318. The van der Waals surface area contributed by atoms with Crippen LogP contribution in [0.25, 0.3) is 0 Å². The van der Waals surface area contributed by atoms with Gasteiger partial charge in [-0.15, -0.1) is 0 Å². The molecule has 0 saturated heterocycles. The monoisotopic (exact) mass is 238 g/mol. The summed E-state index contributed by atoms with van der Waals surface area (Å²) in [7, 11) is 3.08. The maximum atomic E-state index is 8.84. The van der Waals surface area contributed by atoms with Gasteiger partial charge < -0.3 is 29.2 Å². The summed E-state index contributed by atoms with van der Waals surface area (Å²) in [6.45, 7) is 1.19. The molecule has 0 bridgehead atoms. The summed E-state index contributed by atoms with van der Waals surface area (Å²) < 4.78 is 20.5. The molecule has 2 N–H and O–H groups in total. The zero-order chi connectivity index (χ0) is 12.2. The predicted octanol–water partition coefficient (Wildman–Crippen LogP) is -0.966. The van der Waals surface area contributed by atoms with Gasteiger partial charge in [-0.05, 0) is 0 Å². The number of rotatable bonds is 11. The fourth-order valence-corrected chi connectivity index (χ4v) is 1.08. The van der Waals surface area contributed by atoms with Crippen LogP contribution in [0.1, 0.15) is 0 Å². The second kappa shape index (κ2) is 11.3. The fourth-order valence-electron chi connectivity index (χ4n) is 1.08. The van der Waals surface area contributed by atoms with Crippen molar-refractivity contribution in [1.82, 2.24) is 0 Å². The number of hydrogen-bond donors (Lipinski definition) is 2. The first-order valence-corrected chi connectivity index (χ1v) is 5.21. The Morgan fingerprint density at radius 3 is 2.19 bits per heavy atom. The van der Waals surface area contributed by atoms with Crippen LogP contribution in [0, 0.1) is 0 Å². The van der Waals surface area contributed by atoms with Crippen molar-refractivity contribution in [2.24, 2.45) is 0 Å². The van der Waals surface area contributed by atoms with E-state index in [1.165, 1.54) is 7.11 Å². The Hall–Kier alpha value is -0.240. The topological polar surface area (TPSA) is 77.4 Å². The van der Waals surface area contributed by atoms with Crippen molar-refractivity contribution >= 4 is 0 Å². The Morgan fingerprint density at radius 1 is 1.00 bits per heavy atom. The second-order valence-electron chi connectivity index (χ2n) is 3.25. The van der Waals surface area contributed by atoms with Crippen LogP contribution in [0.2, 0.25) is 0 Å². The molecule has 0 spiro atoms. The number of methoxy groups -OCH3 is 2. The van der Waals surface area contributed by atoms with Crippen molar-refractivity contribution in [1.29, 1.82) is 0 Å². The minimum absolute atomic E-state index is 0.0302. The van der Waals surface area contributed by atoms with E-state index in [1.54, 1.807) is 7.11 Å². The first kappa shape index (κ1) is 15.8. The van der Waals surface area contributed by atoms with Crippen molar-refractivity contribution in [2.45, 2.75) is 12.2 Å². The van der Waals surface area contributed by atoms with Crippen LogP contribution >= 0.6 is 0 Å². The highest BCUT2D eigenvalue weighted by atomic mass is 16.6. The third-order valence-corrected chi connectivity index (χ3v) is 1.94. The Kier molecular flexibility index (Phi) is 11.1. The van der Waals surface area contributed by atoms with Crippen molar-refractivity contribution in [3.63, 3.8) is 0 Å². The van der Waals surface area contributed by atoms with Gasteiger partial charge in [0.2, 0.25) is 0 Å². The van der Waals surface area contributed by atoms with Gasteiger partial charge in [0.05, 0.1) is 39.6 Å². The van der Waals surface area contributed by atoms with Crippen LogP contribution in [-0.4, -0.2) is 76.3 Å². The Morgan fingerprint density at radius 2 is 1.69 bits per heavy atom. The van der Waals surface area contributed by atoms with Crippen molar-refractivity contribution in [3.8, 4) is 0 Å². The van der Waals surface area contributed by atoms with Crippen molar-refractivity contribution in [2.75, 3.05) is 53.9 Å². The van der Waals surface area contributed by atoms with Gasteiger partial charge in [0.25, 0.3) is 0 Å². The first-order valence-electron chi connectivity index (χ1n) is 5.21. The Labute approximate surface area is 96.1 Å². The average Bonchev–Trinajstić information content (AvgIpc) is 2.31. The lowest BCUT2D eigenvalue weighted by Gasteiger charge is -2.18. The molecule has 0 amide bonds. The Balaban J connectivity index is 3.65. The summed E-state index contributed by atoms with van der Waals surface area (Å²) in [5, 5.41) is 17.5.